The van der Waals surface area contributed by atoms with E-state index in [9.17, 15) is 19.5 Å². The molecule has 0 spiro atoms. The van der Waals surface area contributed by atoms with E-state index >= 15 is 0 Å². The maximum atomic E-state index is 13.2. The van der Waals surface area contributed by atoms with Gasteiger partial charge in [0.15, 0.2) is 5.75 Å². The summed E-state index contributed by atoms with van der Waals surface area (Å²) in [6.07, 6.45) is 11.5. The highest BCUT2D eigenvalue weighted by Crippen LogP contribution is 2.37. The first-order chi connectivity index (χ1) is 28.8. The summed E-state index contributed by atoms with van der Waals surface area (Å²) in [5.74, 6) is 2.02. The van der Waals surface area contributed by atoms with Crippen molar-refractivity contribution in [1.29, 1.82) is 0 Å². The average Bonchev–Trinajstić information content (AvgIpc) is 3.60. The predicted molar refractivity (Wildman–Crippen MR) is 222 cm³/mol. The van der Waals surface area contributed by atoms with Crippen LogP contribution in [0.15, 0.2) is 73.2 Å². The highest BCUT2D eigenvalue weighted by Gasteiger charge is 2.41. The van der Waals surface area contributed by atoms with E-state index in [0.717, 1.165) is 82.6 Å². The molecular weight excluding hydrogens is 747 g/mol. The number of fused-ring (bicyclic) bond motifs is 1. The van der Waals surface area contributed by atoms with Gasteiger partial charge in [0, 0.05) is 63.1 Å². The Balaban J connectivity index is 0.714. The van der Waals surface area contributed by atoms with Gasteiger partial charge in [-0.2, -0.15) is 0 Å². The Labute approximate surface area is 344 Å². The third-order valence-electron chi connectivity index (χ3n) is 13.0. The van der Waals surface area contributed by atoms with Gasteiger partial charge < -0.3 is 30.3 Å². The summed E-state index contributed by atoms with van der Waals surface area (Å²) < 4.78 is 5.92. The number of imide groups is 1. The van der Waals surface area contributed by atoms with Gasteiger partial charge in [-0.25, -0.2) is 15.0 Å². The fourth-order valence-corrected chi connectivity index (χ4v) is 9.33. The van der Waals surface area contributed by atoms with Crippen molar-refractivity contribution in [3.63, 3.8) is 0 Å². The number of rotatable bonds is 11. The number of hydrogen-bond acceptors (Lipinski definition) is 12. The molecule has 3 amide bonds. The number of amides is 3. The zero-order valence-electron chi connectivity index (χ0n) is 33.4. The number of carbonyl (C=O) groups is 3. The number of likely N-dealkylation sites (tertiary alicyclic amines) is 1. The molecule has 2 aromatic heterocycles. The fraction of sp³-hybridized carbons (Fsp3) is 0.467. The highest BCUT2D eigenvalue weighted by molar-refractivity contribution is 6.05. The van der Waals surface area contributed by atoms with Crippen molar-refractivity contribution < 1.29 is 24.2 Å². The molecule has 14 heteroatoms. The van der Waals surface area contributed by atoms with E-state index in [2.05, 4.69) is 71.0 Å². The third kappa shape index (κ3) is 8.80. The van der Waals surface area contributed by atoms with Crippen LogP contribution in [0, 0.1) is 5.92 Å². The molecule has 1 atom stereocenters. The molecule has 0 radical (unpaired) electrons. The Bertz CT molecular complexity index is 2130. The number of nitrogens with one attached hydrogen (secondary N) is 3. The van der Waals surface area contributed by atoms with Crippen molar-refractivity contribution in [2.75, 3.05) is 56.1 Å². The van der Waals surface area contributed by atoms with Gasteiger partial charge in [-0.15, -0.1) is 0 Å². The number of aromatic nitrogens is 3. The van der Waals surface area contributed by atoms with Gasteiger partial charge in [-0.05, 0) is 116 Å². The number of piperidine rings is 4. The first-order valence-corrected chi connectivity index (χ1v) is 21.2. The van der Waals surface area contributed by atoms with Crippen LogP contribution in [-0.4, -0.2) is 99.5 Å². The van der Waals surface area contributed by atoms with Crippen LogP contribution in [0.5, 0.6) is 5.75 Å². The second kappa shape index (κ2) is 17.0. The Morgan fingerprint density at radius 2 is 1.61 bits per heavy atom. The maximum Gasteiger partial charge on any atom is 0.255 e. The molecule has 4 N–H and O–H groups in total. The van der Waals surface area contributed by atoms with E-state index in [4.69, 9.17) is 4.74 Å². The van der Waals surface area contributed by atoms with Crippen LogP contribution in [0.25, 0.3) is 0 Å². The van der Waals surface area contributed by atoms with Crippen LogP contribution in [0.4, 0.5) is 17.5 Å². The van der Waals surface area contributed by atoms with Crippen LogP contribution in [0.2, 0.25) is 0 Å². The first-order valence-electron chi connectivity index (χ1n) is 21.2. The summed E-state index contributed by atoms with van der Waals surface area (Å²) in [5.41, 5.74) is 4.96. The fourth-order valence-electron chi connectivity index (χ4n) is 9.33. The minimum absolute atomic E-state index is 0.200. The van der Waals surface area contributed by atoms with Gasteiger partial charge in [0.2, 0.25) is 17.8 Å². The lowest BCUT2D eigenvalue weighted by molar-refractivity contribution is -0.136. The van der Waals surface area contributed by atoms with Crippen molar-refractivity contribution >= 4 is 35.2 Å². The standard InChI is InChI=1S/C45H53N9O5/c55-41-10-8-39(42(56)51-41)54-28-34-23-35(4-7-38(34)43(54)57)45(58)15-21-52(22-16-45)27-30-1-5-36(6-2-30)53-19-13-32(14-20-53)33-3-9-40(47-24-33)50-44-48-25-37(26-49-44)59-29-31-11-17-46-18-12-31/h1-7,9,23-26,31-32,39,46,58H,8,10-22,27-29H2,(H,51,55,56)(H,47,48,49,50). The van der Waals surface area contributed by atoms with Crippen LogP contribution in [-0.2, 0) is 28.3 Å². The normalized spacial score (nSPS) is 21.6. The molecule has 308 valence electrons. The van der Waals surface area contributed by atoms with Crippen LogP contribution in [0.1, 0.15) is 89.9 Å². The summed E-state index contributed by atoms with van der Waals surface area (Å²) >= 11 is 0. The summed E-state index contributed by atoms with van der Waals surface area (Å²) in [7, 11) is 0. The van der Waals surface area contributed by atoms with Gasteiger partial charge in [-0.3, -0.25) is 24.6 Å². The number of carbonyl (C=O) groups excluding carboxylic acids is 3. The molecule has 4 saturated heterocycles. The van der Waals surface area contributed by atoms with E-state index < -0.39 is 17.6 Å². The first kappa shape index (κ1) is 39.0. The third-order valence-corrected chi connectivity index (χ3v) is 13.0. The number of ether oxygens (including phenoxy) is 1. The predicted octanol–water partition coefficient (Wildman–Crippen LogP) is 4.62. The molecule has 0 aliphatic carbocycles. The largest absolute Gasteiger partial charge is 0.490 e. The molecule has 4 aromatic rings. The van der Waals surface area contributed by atoms with Crippen molar-refractivity contribution in [2.45, 2.75) is 82.0 Å². The van der Waals surface area contributed by atoms with Crippen molar-refractivity contribution in [3.8, 4) is 5.75 Å². The lowest BCUT2D eigenvalue weighted by atomic mass is 9.83. The van der Waals surface area contributed by atoms with Gasteiger partial charge in [-0.1, -0.05) is 30.3 Å². The SMILES string of the molecule is O=C1CCC(N2Cc3cc(C4(O)CCN(Cc5ccc(N6CCC(c7ccc(Nc8ncc(OCC9CCNCC9)cn8)nc7)CC6)cc5)CC4)ccc3C2=O)C(=O)N1. The minimum atomic E-state index is -0.981. The van der Waals surface area contributed by atoms with E-state index in [1.54, 1.807) is 23.4 Å². The van der Waals surface area contributed by atoms with E-state index in [0.29, 0.717) is 67.3 Å². The lowest BCUT2D eigenvalue weighted by Crippen LogP contribution is -2.52. The van der Waals surface area contributed by atoms with Crippen molar-refractivity contribution in [3.05, 3.63) is 101 Å². The Morgan fingerprint density at radius 3 is 2.32 bits per heavy atom. The van der Waals surface area contributed by atoms with Gasteiger partial charge >= 0.3 is 0 Å². The zero-order valence-corrected chi connectivity index (χ0v) is 33.4. The molecule has 2 aromatic carbocycles. The number of aliphatic hydroxyl groups is 1. The van der Waals surface area contributed by atoms with E-state index in [1.165, 1.54) is 16.8 Å². The summed E-state index contributed by atoms with van der Waals surface area (Å²) in [6.45, 7) is 7.41. The smallest absolute Gasteiger partial charge is 0.255 e. The lowest BCUT2D eigenvalue weighted by Gasteiger charge is -2.39. The second-order valence-electron chi connectivity index (χ2n) is 16.9. The average molecular weight is 800 g/mol. The summed E-state index contributed by atoms with van der Waals surface area (Å²) in [6, 6.07) is 18.0. The van der Waals surface area contributed by atoms with Crippen LogP contribution in [0.3, 0.4) is 0 Å². The zero-order chi connectivity index (χ0) is 40.3. The van der Waals surface area contributed by atoms with Gasteiger partial charge in [0.1, 0.15) is 11.9 Å². The summed E-state index contributed by atoms with van der Waals surface area (Å²) in [5, 5.41) is 20.7. The Morgan fingerprint density at radius 1 is 0.847 bits per heavy atom. The second-order valence-corrected chi connectivity index (χ2v) is 16.9. The van der Waals surface area contributed by atoms with E-state index in [1.807, 2.05) is 24.4 Å². The molecule has 1 unspecified atom stereocenters. The molecule has 9 rings (SSSR count). The minimum Gasteiger partial charge on any atom is -0.490 e. The molecule has 5 aliphatic rings. The van der Waals surface area contributed by atoms with Crippen LogP contribution < -0.4 is 25.6 Å². The highest BCUT2D eigenvalue weighted by atomic mass is 16.5. The molecule has 0 saturated carbocycles. The molecule has 5 aliphatic heterocycles. The molecular formula is C45H53N9O5. The molecule has 4 fully saturated rings. The number of nitrogens with zero attached hydrogens (tertiary/aromatic N) is 6. The Hall–Kier alpha value is -5.44. The molecule has 7 heterocycles. The molecule has 14 nitrogen and oxygen atoms in total. The molecule has 59 heavy (non-hydrogen) atoms. The monoisotopic (exact) mass is 799 g/mol. The number of pyridine rings is 1. The number of anilines is 3. The van der Waals surface area contributed by atoms with Gasteiger partial charge in [0.25, 0.3) is 5.91 Å². The quantitative estimate of drug-likeness (QED) is 0.156. The van der Waals surface area contributed by atoms with Crippen molar-refractivity contribution in [2.24, 2.45) is 5.92 Å². The van der Waals surface area contributed by atoms with Crippen LogP contribution >= 0.6 is 0 Å². The maximum absolute atomic E-state index is 13.2. The van der Waals surface area contributed by atoms with E-state index in [-0.39, 0.29) is 18.2 Å². The topological polar surface area (TPSA) is 165 Å². The Kier molecular flexibility index (Phi) is 11.3. The summed E-state index contributed by atoms with van der Waals surface area (Å²) in [4.78, 5) is 57.2. The molecule has 0 bridgehead atoms. The van der Waals surface area contributed by atoms with Gasteiger partial charge in [0.05, 0.1) is 24.6 Å². The number of benzene rings is 2. The number of hydrogen-bond donors (Lipinski definition) is 4. The van der Waals surface area contributed by atoms with Crippen molar-refractivity contribution in [1.82, 2.24) is 35.4 Å².